The third-order valence-electron chi connectivity index (χ3n) is 4.12. The number of anilines is 2. The van der Waals surface area contributed by atoms with E-state index in [-0.39, 0.29) is 18.2 Å². The van der Waals surface area contributed by atoms with Crippen LogP contribution in [0, 0.1) is 6.92 Å². The van der Waals surface area contributed by atoms with Gasteiger partial charge in [0, 0.05) is 23.8 Å². The van der Waals surface area contributed by atoms with Crippen LogP contribution in [-0.4, -0.2) is 24.6 Å². The minimum absolute atomic E-state index is 0.0972. The summed E-state index contributed by atoms with van der Waals surface area (Å²) in [6.07, 6.45) is 0. The van der Waals surface area contributed by atoms with Crippen molar-refractivity contribution in [1.29, 1.82) is 0 Å². The largest absolute Gasteiger partial charge is 0.508 e. The SMILES string of the molecule is Cc1ccc(Oc2ccc(Cl)cc2NC(=O)CN(C)c2cccc(O)c2)cc1. The number of amides is 1. The topological polar surface area (TPSA) is 61.8 Å². The molecule has 2 N–H and O–H groups in total. The number of nitrogens with zero attached hydrogens (tertiary/aromatic N) is 1. The number of nitrogens with one attached hydrogen (secondary N) is 1. The number of likely N-dealkylation sites (N-methyl/N-ethyl adjacent to an activating group) is 1. The second-order valence-electron chi connectivity index (χ2n) is 6.48. The van der Waals surface area contributed by atoms with Crippen molar-refractivity contribution in [3.8, 4) is 17.2 Å². The number of halogens is 1. The lowest BCUT2D eigenvalue weighted by atomic mass is 10.2. The van der Waals surface area contributed by atoms with Gasteiger partial charge in [-0.15, -0.1) is 0 Å². The Kier molecular flexibility index (Phi) is 6.06. The molecule has 0 radical (unpaired) electrons. The number of carbonyl (C=O) groups excluding carboxylic acids is 1. The van der Waals surface area contributed by atoms with E-state index in [2.05, 4.69) is 5.32 Å². The van der Waals surface area contributed by atoms with Crippen LogP contribution in [0.15, 0.2) is 66.7 Å². The van der Waals surface area contributed by atoms with Crippen LogP contribution in [0.3, 0.4) is 0 Å². The number of aryl methyl sites for hydroxylation is 1. The maximum atomic E-state index is 12.5. The van der Waals surface area contributed by atoms with E-state index in [1.165, 1.54) is 0 Å². The molecule has 0 spiro atoms. The minimum Gasteiger partial charge on any atom is -0.508 e. The van der Waals surface area contributed by atoms with Gasteiger partial charge >= 0.3 is 0 Å². The molecule has 3 aromatic rings. The van der Waals surface area contributed by atoms with Gasteiger partial charge < -0.3 is 20.1 Å². The van der Waals surface area contributed by atoms with Gasteiger partial charge in [-0.3, -0.25) is 4.79 Å². The molecule has 144 valence electrons. The van der Waals surface area contributed by atoms with E-state index in [1.807, 2.05) is 37.3 Å². The number of aromatic hydroxyl groups is 1. The molecule has 0 saturated carbocycles. The quantitative estimate of drug-likeness (QED) is 0.599. The zero-order valence-corrected chi connectivity index (χ0v) is 16.4. The van der Waals surface area contributed by atoms with E-state index >= 15 is 0 Å². The summed E-state index contributed by atoms with van der Waals surface area (Å²) in [7, 11) is 1.77. The predicted octanol–water partition coefficient (Wildman–Crippen LogP) is 5.22. The predicted molar refractivity (Wildman–Crippen MR) is 113 cm³/mol. The molecule has 0 atom stereocenters. The number of carbonyl (C=O) groups is 1. The van der Waals surface area contributed by atoms with Gasteiger partial charge in [0.2, 0.25) is 5.91 Å². The van der Waals surface area contributed by atoms with Crippen LogP contribution in [0.25, 0.3) is 0 Å². The highest BCUT2D eigenvalue weighted by Crippen LogP contribution is 2.32. The number of ether oxygens (including phenoxy) is 1. The monoisotopic (exact) mass is 396 g/mol. The highest BCUT2D eigenvalue weighted by atomic mass is 35.5. The molecule has 0 aliphatic carbocycles. The fourth-order valence-corrected chi connectivity index (χ4v) is 2.82. The van der Waals surface area contributed by atoms with Crippen LogP contribution in [-0.2, 0) is 4.79 Å². The van der Waals surface area contributed by atoms with E-state index in [4.69, 9.17) is 16.3 Å². The maximum Gasteiger partial charge on any atom is 0.243 e. The number of hydrogen-bond acceptors (Lipinski definition) is 4. The van der Waals surface area contributed by atoms with Gasteiger partial charge in [-0.05, 0) is 49.4 Å². The number of benzene rings is 3. The van der Waals surface area contributed by atoms with Gasteiger partial charge in [0.15, 0.2) is 5.75 Å². The van der Waals surface area contributed by atoms with Gasteiger partial charge in [-0.2, -0.15) is 0 Å². The first-order chi connectivity index (χ1) is 13.4. The molecular weight excluding hydrogens is 376 g/mol. The summed E-state index contributed by atoms with van der Waals surface area (Å²) in [5.74, 6) is 1.08. The van der Waals surface area contributed by atoms with Crippen LogP contribution in [0.4, 0.5) is 11.4 Å². The van der Waals surface area contributed by atoms with Gasteiger partial charge in [-0.25, -0.2) is 0 Å². The Morgan fingerprint density at radius 3 is 2.57 bits per heavy atom. The number of rotatable bonds is 6. The first-order valence-electron chi connectivity index (χ1n) is 8.75. The van der Waals surface area contributed by atoms with Crippen LogP contribution in [0.1, 0.15) is 5.56 Å². The third kappa shape index (κ3) is 5.18. The van der Waals surface area contributed by atoms with Gasteiger partial charge in [0.1, 0.15) is 11.5 Å². The molecular formula is C22H21ClN2O3. The molecule has 6 heteroatoms. The van der Waals surface area contributed by atoms with E-state index < -0.39 is 0 Å². The fourth-order valence-electron chi connectivity index (χ4n) is 2.65. The van der Waals surface area contributed by atoms with Crippen molar-refractivity contribution in [3.63, 3.8) is 0 Å². The minimum atomic E-state index is -0.234. The molecule has 28 heavy (non-hydrogen) atoms. The standard InChI is InChI=1S/C22H21ClN2O3/c1-15-6-9-19(10-7-15)28-21-11-8-16(23)12-20(21)24-22(27)14-25(2)17-4-3-5-18(26)13-17/h3-13,26H,14H2,1-2H3,(H,24,27). The summed E-state index contributed by atoms with van der Waals surface area (Å²) in [5, 5.41) is 12.9. The normalized spacial score (nSPS) is 10.4. The Morgan fingerprint density at radius 2 is 1.86 bits per heavy atom. The van der Waals surface area contributed by atoms with E-state index in [0.717, 1.165) is 11.3 Å². The van der Waals surface area contributed by atoms with Crippen molar-refractivity contribution in [2.24, 2.45) is 0 Å². The average Bonchev–Trinajstić information content (AvgIpc) is 2.65. The molecule has 3 rings (SSSR count). The zero-order chi connectivity index (χ0) is 20.1. The van der Waals surface area contributed by atoms with Crippen molar-refractivity contribution >= 4 is 28.9 Å². The van der Waals surface area contributed by atoms with Crippen molar-refractivity contribution in [1.82, 2.24) is 0 Å². The van der Waals surface area contributed by atoms with Crippen molar-refractivity contribution in [2.45, 2.75) is 6.92 Å². The number of phenols is 1. The first-order valence-corrected chi connectivity index (χ1v) is 9.12. The number of phenolic OH excluding ortho intramolecular Hbond substituents is 1. The second kappa shape index (κ2) is 8.67. The molecule has 0 heterocycles. The molecule has 0 saturated heterocycles. The van der Waals surface area contributed by atoms with E-state index in [0.29, 0.717) is 22.2 Å². The molecule has 3 aromatic carbocycles. The summed E-state index contributed by atoms with van der Waals surface area (Å²) in [4.78, 5) is 14.3. The van der Waals surface area contributed by atoms with Gasteiger partial charge in [0.25, 0.3) is 0 Å². The Hall–Kier alpha value is -3.18. The summed E-state index contributed by atoms with van der Waals surface area (Å²) >= 11 is 6.10. The van der Waals surface area contributed by atoms with E-state index in [9.17, 15) is 9.90 Å². The van der Waals surface area contributed by atoms with Crippen LogP contribution in [0.5, 0.6) is 17.2 Å². The zero-order valence-electron chi connectivity index (χ0n) is 15.6. The lowest BCUT2D eigenvalue weighted by molar-refractivity contribution is -0.114. The molecule has 1 amide bonds. The van der Waals surface area contributed by atoms with Crippen molar-refractivity contribution < 1.29 is 14.6 Å². The summed E-state index contributed by atoms with van der Waals surface area (Å²) in [5.41, 5.74) is 2.35. The van der Waals surface area contributed by atoms with Crippen molar-refractivity contribution in [2.75, 3.05) is 23.8 Å². The van der Waals surface area contributed by atoms with E-state index in [1.54, 1.807) is 48.3 Å². The van der Waals surface area contributed by atoms with Crippen LogP contribution >= 0.6 is 11.6 Å². The number of hydrogen-bond donors (Lipinski definition) is 2. The summed E-state index contributed by atoms with van der Waals surface area (Å²) in [6, 6.07) is 19.4. The second-order valence-corrected chi connectivity index (χ2v) is 6.92. The molecule has 0 aromatic heterocycles. The molecule has 0 fully saturated rings. The highest BCUT2D eigenvalue weighted by molar-refractivity contribution is 6.31. The molecule has 0 aliphatic heterocycles. The Bertz CT molecular complexity index is 974. The average molecular weight is 397 g/mol. The van der Waals surface area contributed by atoms with Crippen molar-refractivity contribution in [3.05, 3.63) is 77.3 Å². The Morgan fingerprint density at radius 1 is 1.11 bits per heavy atom. The lowest BCUT2D eigenvalue weighted by Gasteiger charge is -2.19. The Balaban J connectivity index is 1.72. The van der Waals surface area contributed by atoms with Crippen LogP contribution < -0.4 is 15.0 Å². The molecule has 0 bridgehead atoms. The van der Waals surface area contributed by atoms with Gasteiger partial charge in [-0.1, -0.05) is 35.4 Å². The summed E-state index contributed by atoms with van der Waals surface area (Å²) in [6.45, 7) is 2.10. The summed E-state index contributed by atoms with van der Waals surface area (Å²) < 4.78 is 5.91. The lowest BCUT2D eigenvalue weighted by Crippen LogP contribution is -2.30. The van der Waals surface area contributed by atoms with Gasteiger partial charge in [0.05, 0.1) is 12.2 Å². The molecule has 0 aliphatic rings. The highest BCUT2D eigenvalue weighted by Gasteiger charge is 2.13. The first kappa shape index (κ1) is 19.6. The van der Waals surface area contributed by atoms with Crippen LogP contribution in [0.2, 0.25) is 5.02 Å². The smallest absolute Gasteiger partial charge is 0.243 e. The third-order valence-corrected chi connectivity index (χ3v) is 4.35. The molecule has 0 unspecified atom stereocenters. The fraction of sp³-hybridized carbons (Fsp3) is 0.136. The Labute approximate surface area is 169 Å². The maximum absolute atomic E-state index is 12.5. The molecule has 5 nitrogen and oxygen atoms in total.